The van der Waals surface area contributed by atoms with E-state index in [1.54, 1.807) is 18.9 Å². The van der Waals surface area contributed by atoms with Crippen molar-refractivity contribution in [3.63, 3.8) is 0 Å². The number of rotatable bonds is 4. The van der Waals surface area contributed by atoms with Crippen molar-refractivity contribution in [2.75, 3.05) is 0 Å². The van der Waals surface area contributed by atoms with Crippen molar-refractivity contribution >= 4 is 0 Å². The number of hydrogen-bond acceptors (Lipinski definition) is 4. The Bertz CT molecular complexity index is 455. The Morgan fingerprint density at radius 3 is 3.12 bits per heavy atom. The lowest BCUT2D eigenvalue weighted by molar-refractivity contribution is 0.587. The topological polar surface area (TPSA) is 85.4 Å². The smallest absolute Gasteiger partial charge is 0.150 e. The van der Waals surface area contributed by atoms with E-state index in [9.17, 15) is 0 Å². The highest BCUT2D eigenvalue weighted by molar-refractivity contribution is 5.05. The van der Waals surface area contributed by atoms with Gasteiger partial charge in [-0.1, -0.05) is 0 Å². The third-order valence-electron chi connectivity index (χ3n) is 2.87. The molecule has 3 N–H and O–H groups in total. The van der Waals surface area contributed by atoms with Crippen LogP contribution in [0.2, 0.25) is 0 Å². The molecule has 0 radical (unpaired) electrons. The fraction of sp³-hybridized carbons (Fsp3) is 0.500. The van der Waals surface area contributed by atoms with Crippen molar-refractivity contribution < 1.29 is 0 Å². The van der Waals surface area contributed by atoms with E-state index in [1.165, 1.54) is 12.8 Å². The average Bonchev–Trinajstić information content (AvgIpc) is 2.82. The van der Waals surface area contributed by atoms with Gasteiger partial charge >= 0.3 is 0 Å². The predicted molar refractivity (Wildman–Crippen MR) is 57.5 cm³/mol. The molecule has 2 heterocycles. The summed E-state index contributed by atoms with van der Waals surface area (Å²) >= 11 is 0. The van der Waals surface area contributed by atoms with E-state index in [0.29, 0.717) is 12.5 Å². The molecule has 0 amide bonds. The molecule has 1 aliphatic carbocycles. The molecule has 84 valence electrons. The van der Waals surface area contributed by atoms with Crippen LogP contribution in [0.15, 0.2) is 18.9 Å². The first kappa shape index (κ1) is 9.53. The molecule has 0 unspecified atom stereocenters. The SMILES string of the molecule is N[C@H](Cc1cnc[nH]1)c1nncn1C1CC1. The van der Waals surface area contributed by atoms with Gasteiger partial charge in [0, 0.05) is 24.4 Å². The van der Waals surface area contributed by atoms with E-state index in [4.69, 9.17) is 5.73 Å². The van der Waals surface area contributed by atoms with E-state index in [2.05, 4.69) is 24.7 Å². The van der Waals surface area contributed by atoms with Crippen LogP contribution in [0.1, 0.15) is 36.4 Å². The number of nitrogens with zero attached hydrogens (tertiary/aromatic N) is 4. The zero-order chi connectivity index (χ0) is 11.0. The first-order valence-corrected chi connectivity index (χ1v) is 5.47. The molecule has 6 nitrogen and oxygen atoms in total. The molecule has 0 aliphatic heterocycles. The van der Waals surface area contributed by atoms with Gasteiger partial charge in [0.2, 0.25) is 0 Å². The van der Waals surface area contributed by atoms with Gasteiger partial charge in [0.25, 0.3) is 0 Å². The molecule has 0 bridgehead atoms. The van der Waals surface area contributed by atoms with Crippen LogP contribution in [0, 0.1) is 0 Å². The number of aromatic nitrogens is 5. The van der Waals surface area contributed by atoms with Gasteiger partial charge in [-0.05, 0) is 12.8 Å². The van der Waals surface area contributed by atoms with Crippen LogP contribution in [0.25, 0.3) is 0 Å². The Hall–Kier alpha value is -1.69. The molecule has 1 atom stereocenters. The second-order valence-electron chi connectivity index (χ2n) is 4.22. The fourth-order valence-electron chi connectivity index (χ4n) is 1.88. The zero-order valence-corrected chi connectivity index (χ0v) is 8.87. The standard InChI is InChI=1S/C10H14N6/c11-9(3-7-4-12-5-13-7)10-15-14-6-16(10)8-1-2-8/h4-6,8-9H,1-3,11H2,(H,12,13)/t9-/m1/s1. The molecule has 3 rings (SSSR count). The van der Waals surface area contributed by atoms with Gasteiger partial charge in [-0.3, -0.25) is 0 Å². The van der Waals surface area contributed by atoms with Gasteiger partial charge in [0.05, 0.1) is 12.4 Å². The number of H-pyrrole nitrogens is 1. The van der Waals surface area contributed by atoms with Crippen molar-refractivity contribution in [2.45, 2.75) is 31.3 Å². The van der Waals surface area contributed by atoms with Crippen LogP contribution >= 0.6 is 0 Å². The number of imidazole rings is 1. The van der Waals surface area contributed by atoms with E-state index in [-0.39, 0.29) is 6.04 Å². The van der Waals surface area contributed by atoms with Crippen molar-refractivity contribution in [3.8, 4) is 0 Å². The molecule has 0 spiro atoms. The summed E-state index contributed by atoms with van der Waals surface area (Å²) in [5.74, 6) is 0.872. The van der Waals surface area contributed by atoms with E-state index < -0.39 is 0 Å². The Morgan fingerprint density at radius 2 is 2.44 bits per heavy atom. The minimum atomic E-state index is -0.122. The second kappa shape index (κ2) is 3.71. The van der Waals surface area contributed by atoms with Crippen LogP contribution < -0.4 is 5.73 Å². The summed E-state index contributed by atoms with van der Waals surface area (Å²) in [6.07, 6.45) is 8.36. The maximum atomic E-state index is 6.13. The minimum Gasteiger partial charge on any atom is -0.348 e. The quantitative estimate of drug-likeness (QED) is 0.786. The van der Waals surface area contributed by atoms with Crippen LogP contribution in [0.4, 0.5) is 0 Å². The van der Waals surface area contributed by atoms with E-state index >= 15 is 0 Å². The lowest BCUT2D eigenvalue weighted by atomic mass is 10.1. The molecule has 2 aromatic heterocycles. The van der Waals surface area contributed by atoms with Gasteiger partial charge in [0.15, 0.2) is 0 Å². The molecule has 1 saturated carbocycles. The summed E-state index contributed by atoms with van der Waals surface area (Å²) in [6, 6.07) is 0.446. The molecular weight excluding hydrogens is 204 g/mol. The van der Waals surface area contributed by atoms with Gasteiger partial charge < -0.3 is 15.3 Å². The van der Waals surface area contributed by atoms with Crippen molar-refractivity contribution in [1.82, 2.24) is 24.7 Å². The van der Waals surface area contributed by atoms with E-state index in [1.807, 2.05) is 0 Å². The highest BCUT2D eigenvalue weighted by Crippen LogP contribution is 2.36. The van der Waals surface area contributed by atoms with Gasteiger partial charge in [-0.2, -0.15) is 0 Å². The minimum absolute atomic E-state index is 0.122. The maximum absolute atomic E-state index is 6.13. The lowest BCUT2D eigenvalue weighted by Gasteiger charge is -2.11. The molecule has 1 fully saturated rings. The normalized spacial score (nSPS) is 17.6. The van der Waals surface area contributed by atoms with Crippen LogP contribution in [0.5, 0.6) is 0 Å². The molecule has 2 aromatic rings. The molecule has 0 saturated heterocycles. The number of nitrogens with one attached hydrogen (secondary N) is 1. The number of nitrogens with two attached hydrogens (primary N) is 1. The molecule has 16 heavy (non-hydrogen) atoms. The molecule has 6 heteroatoms. The highest BCUT2D eigenvalue weighted by atomic mass is 15.3. The van der Waals surface area contributed by atoms with Crippen LogP contribution in [0.3, 0.4) is 0 Å². The Balaban J connectivity index is 1.78. The Labute approximate surface area is 92.9 Å². The van der Waals surface area contributed by atoms with Crippen molar-refractivity contribution in [1.29, 1.82) is 0 Å². The van der Waals surface area contributed by atoms with Crippen LogP contribution in [-0.2, 0) is 6.42 Å². The fourth-order valence-corrected chi connectivity index (χ4v) is 1.88. The second-order valence-corrected chi connectivity index (χ2v) is 4.22. The Kier molecular flexibility index (Phi) is 2.21. The summed E-state index contributed by atoms with van der Waals surface area (Å²) in [4.78, 5) is 7.02. The first-order chi connectivity index (χ1) is 7.84. The highest BCUT2D eigenvalue weighted by Gasteiger charge is 2.28. The van der Waals surface area contributed by atoms with Crippen molar-refractivity contribution in [2.24, 2.45) is 5.73 Å². The van der Waals surface area contributed by atoms with E-state index in [0.717, 1.165) is 11.5 Å². The van der Waals surface area contributed by atoms with Gasteiger partial charge in [0.1, 0.15) is 12.2 Å². The molecule has 1 aliphatic rings. The van der Waals surface area contributed by atoms with Crippen LogP contribution in [-0.4, -0.2) is 24.7 Å². The first-order valence-electron chi connectivity index (χ1n) is 5.47. The van der Waals surface area contributed by atoms with Gasteiger partial charge in [-0.25, -0.2) is 4.98 Å². The summed E-state index contributed by atoms with van der Waals surface area (Å²) in [5, 5.41) is 8.05. The summed E-state index contributed by atoms with van der Waals surface area (Å²) in [7, 11) is 0. The summed E-state index contributed by atoms with van der Waals surface area (Å²) in [6.45, 7) is 0. The molecular formula is C10H14N6. The predicted octanol–water partition coefficient (Wildman–Crippen LogP) is 0.579. The van der Waals surface area contributed by atoms with Gasteiger partial charge in [-0.15, -0.1) is 10.2 Å². The average molecular weight is 218 g/mol. The maximum Gasteiger partial charge on any atom is 0.150 e. The Morgan fingerprint density at radius 1 is 1.56 bits per heavy atom. The molecule has 0 aromatic carbocycles. The monoisotopic (exact) mass is 218 g/mol. The lowest BCUT2D eigenvalue weighted by Crippen LogP contribution is -2.18. The van der Waals surface area contributed by atoms with Crippen molar-refractivity contribution in [3.05, 3.63) is 30.4 Å². The largest absolute Gasteiger partial charge is 0.348 e. The number of hydrogen-bond donors (Lipinski definition) is 2. The third kappa shape index (κ3) is 1.71. The summed E-state index contributed by atoms with van der Waals surface area (Å²) in [5.41, 5.74) is 7.15. The number of aromatic amines is 1. The zero-order valence-electron chi connectivity index (χ0n) is 8.87. The summed E-state index contributed by atoms with van der Waals surface area (Å²) < 4.78 is 2.10. The third-order valence-corrected chi connectivity index (χ3v) is 2.87.